The summed E-state index contributed by atoms with van der Waals surface area (Å²) in [4.78, 5) is 18.8. The zero-order valence-electron chi connectivity index (χ0n) is 9.78. The maximum absolute atomic E-state index is 11.0. The highest BCUT2D eigenvalue weighted by molar-refractivity contribution is 5.90. The van der Waals surface area contributed by atoms with Crippen LogP contribution < -0.4 is 4.74 Å². The van der Waals surface area contributed by atoms with Crippen molar-refractivity contribution in [2.24, 2.45) is 0 Å². The fourth-order valence-electron chi connectivity index (χ4n) is 1.48. The average Bonchev–Trinajstić information content (AvgIpc) is 2.84. The molecule has 0 amide bonds. The van der Waals surface area contributed by atoms with Crippen LogP contribution in [0.1, 0.15) is 23.1 Å². The van der Waals surface area contributed by atoms with Crippen molar-refractivity contribution in [3.8, 4) is 5.75 Å². The maximum Gasteiger partial charge on any atom is 0.339 e. The molecule has 0 aliphatic heterocycles. The Morgan fingerprint density at radius 1 is 1.56 bits per heavy atom. The number of nitrogens with zero attached hydrogens (tertiary/aromatic N) is 4. The summed E-state index contributed by atoms with van der Waals surface area (Å²) in [5.74, 6) is -0.197. The van der Waals surface area contributed by atoms with Crippen molar-refractivity contribution in [2.75, 3.05) is 0 Å². The van der Waals surface area contributed by atoms with E-state index in [1.807, 2.05) is 6.92 Å². The third-order valence-corrected chi connectivity index (χ3v) is 2.37. The lowest BCUT2D eigenvalue weighted by molar-refractivity contribution is 0.0691. The molecular formula is C11H12N4O3. The van der Waals surface area contributed by atoms with Crippen molar-refractivity contribution in [1.29, 1.82) is 0 Å². The van der Waals surface area contributed by atoms with Gasteiger partial charge in [0.05, 0.1) is 6.20 Å². The number of rotatable bonds is 5. The van der Waals surface area contributed by atoms with E-state index in [0.717, 1.165) is 0 Å². The van der Waals surface area contributed by atoms with E-state index in [0.29, 0.717) is 12.4 Å². The summed E-state index contributed by atoms with van der Waals surface area (Å²) < 4.78 is 7.10. The van der Waals surface area contributed by atoms with E-state index in [-0.39, 0.29) is 17.9 Å². The zero-order chi connectivity index (χ0) is 13.0. The SMILES string of the molecule is CCn1ncnc1COc1cnccc1C(=O)O. The number of aromatic carboxylic acids is 1. The molecule has 0 aliphatic carbocycles. The van der Waals surface area contributed by atoms with Crippen LogP contribution in [-0.2, 0) is 13.2 Å². The molecule has 2 aromatic rings. The topological polar surface area (TPSA) is 90.1 Å². The monoisotopic (exact) mass is 248 g/mol. The van der Waals surface area contributed by atoms with Gasteiger partial charge in [0.1, 0.15) is 18.5 Å². The van der Waals surface area contributed by atoms with Gasteiger partial charge >= 0.3 is 5.97 Å². The van der Waals surface area contributed by atoms with Crippen molar-refractivity contribution in [3.63, 3.8) is 0 Å². The van der Waals surface area contributed by atoms with Crippen molar-refractivity contribution in [3.05, 3.63) is 36.2 Å². The van der Waals surface area contributed by atoms with Crippen molar-refractivity contribution < 1.29 is 14.6 Å². The lowest BCUT2D eigenvalue weighted by Gasteiger charge is -2.08. The molecule has 0 radical (unpaired) electrons. The Bertz CT molecular complexity index is 553. The third kappa shape index (κ3) is 2.45. The van der Waals surface area contributed by atoms with E-state index in [1.54, 1.807) is 4.68 Å². The number of carbonyl (C=O) groups is 1. The number of aromatic nitrogens is 4. The normalized spacial score (nSPS) is 10.3. The van der Waals surface area contributed by atoms with Gasteiger partial charge < -0.3 is 9.84 Å². The van der Waals surface area contributed by atoms with Gasteiger partial charge in [-0.2, -0.15) is 5.10 Å². The summed E-state index contributed by atoms with van der Waals surface area (Å²) in [6, 6.07) is 1.39. The van der Waals surface area contributed by atoms with Crippen LogP contribution in [0.5, 0.6) is 5.75 Å². The fraction of sp³-hybridized carbons (Fsp3) is 0.273. The van der Waals surface area contributed by atoms with Gasteiger partial charge in [0.15, 0.2) is 11.6 Å². The molecule has 0 saturated heterocycles. The molecule has 0 unspecified atom stereocenters. The van der Waals surface area contributed by atoms with Crippen LogP contribution in [-0.4, -0.2) is 30.8 Å². The molecule has 94 valence electrons. The van der Waals surface area contributed by atoms with Crippen molar-refractivity contribution in [2.45, 2.75) is 20.1 Å². The van der Waals surface area contributed by atoms with E-state index >= 15 is 0 Å². The Morgan fingerprint density at radius 2 is 2.39 bits per heavy atom. The van der Waals surface area contributed by atoms with Crippen LogP contribution in [0.2, 0.25) is 0 Å². The highest BCUT2D eigenvalue weighted by Gasteiger charge is 2.12. The Balaban J connectivity index is 2.13. The molecular weight excluding hydrogens is 236 g/mol. The van der Waals surface area contributed by atoms with E-state index in [2.05, 4.69) is 15.1 Å². The summed E-state index contributed by atoms with van der Waals surface area (Å²) in [5, 5.41) is 13.0. The molecule has 2 aromatic heterocycles. The molecule has 7 heteroatoms. The van der Waals surface area contributed by atoms with Crippen LogP contribution in [0.3, 0.4) is 0 Å². The minimum absolute atomic E-state index is 0.0764. The quantitative estimate of drug-likeness (QED) is 0.847. The molecule has 7 nitrogen and oxygen atoms in total. The lowest BCUT2D eigenvalue weighted by atomic mass is 10.2. The molecule has 18 heavy (non-hydrogen) atoms. The first-order valence-corrected chi connectivity index (χ1v) is 5.39. The van der Waals surface area contributed by atoms with E-state index < -0.39 is 5.97 Å². The van der Waals surface area contributed by atoms with Crippen molar-refractivity contribution >= 4 is 5.97 Å². The largest absolute Gasteiger partial charge is 0.483 e. The van der Waals surface area contributed by atoms with Gasteiger partial charge in [-0.3, -0.25) is 4.98 Å². The number of aryl methyl sites for hydroxylation is 1. The van der Waals surface area contributed by atoms with E-state index in [9.17, 15) is 4.79 Å². The van der Waals surface area contributed by atoms with Crippen LogP contribution >= 0.6 is 0 Å². The molecule has 1 N–H and O–H groups in total. The van der Waals surface area contributed by atoms with Crippen LogP contribution in [0.25, 0.3) is 0 Å². The minimum Gasteiger partial charge on any atom is -0.483 e. The predicted octanol–water partition coefficient (Wildman–Crippen LogP) is 0.970. The summed E-state index contributed by atoms with van der Waals surface area (Å²) in [7, 11) is 0. The number of carboxylic acids is 1. The van der Waals surface area contributed by atoms with Crippen LogP contribution in [0, 0.1) is 0 Å². The molecule has 0 bridgehead atoms. The Hall–Kier alpha value is -2.44. The van der Waals surface area contributed by atoms with Crippen LogP contribution in [0.15, 0.2) is 24.8 Å². The van der Waals surface area contributed by atoms with Gasteiger partial charge in [-0.1, -0.05) is 0 Å². The van der Waals surface area contributed by atoms with Crippen molar-refractivity contribution in [1.82, 2.24) is 19.7 Å². The molecule has 0 aliphatic rings. The van der Waals surface area contributed by atoms with Gasteiger partial charge in [-0.25, -0.2) is 14.5 Å². The Kier molecular flexibility index (Phi) is 3.52. The number of pyridine rings is 1. The lowest BCUT2D eigenvalue weighted by Crippen LogP contribution is -2.09. The minimum atomic E-state index is -1.05. The smallest absolute Gasteiger partial charge is 0.339 e. The summed E-state index contributed by atoms with van der Waals surface area (Å²) in [6.45, 7) is 2.77. The molecule has 2 rings (SSSR count). The maximum atomic E-state index is 11.0. The Labute approximate surface area is 103 Å². The Morgan fingerprint density at radius 3 is 3.11 bits per heavy atom. The molecule has 0 fully saturated rings. The molecule has 0 aromatic carbocycles. The summed E-state index contributed by atoms with van der Waals surface area (Å²) in [6.07, 6.45) is 4.21. The molecule has 0 spiro atoms. The predicted molar refractivity (Wildman–Crippen MR) is 61.2 cm³/mol. The summed E-state index contributed by atoms with van der Waals surface area (Å²) in [5.41, 5.74) is 0.0764. The molecule has 0 atom stereocenters. The first kappa shape index (κ1) is 12.0. The number of hydrogen-bond donors (Lipinski definition) is 1. The fourth-order valence-corrected chi connectivity index (χ4v) is 1.48. The van der Waals surface area contributed by atoms with Gasteiger partial charge in [-0.05, 0) is 13.0 Å². The standard InChI is InChI=1S/C11H12N4O3/c1-2-15-10(13-7-14-15)6-18-9-5-12-4-3-8(9)11(16)17/h3-5,7H,2,6H2,1H3,(H,16,17). The van der Waals surface area contributed by atoms with Gasteiger partial charge in [0, 0.05) is 12.7 Å². The first-order valence-electron chi connectivity index (χ1n) is 5.39. The number of ether oxygens (including phenoxy) is 1. The zero-order valence-corrected chi connectivity index (χ0v) is 9.78. The van der Waals surface area contributed by atoms with Gasteiger partial charge in [-0.15, -0.1) is 0 Å². The highest BCUT2D eigenvalue weighted by atomic mass is 16.5. The first-order chi connectivity index (χ1) is 8.72. The third-order valence-electron chi connectivity index (χ3n) is 2.37. The average molecular weight is 248 g/mol. The summed E-state index contributed by atoms with van der Waals surface area (Å²) >= 11 is 0. The molecule has 2 heterocycles. The molecule has 0 saturated carbocycles. The second-order valence-electron chi connectivity index (χ2n) is 3.46. The van der Waals surface area contributed by atoms with E-state index in [1.165, 1.54) is 24.8 Å². The van der Waals surface area contributed by atoms with Gasteiger partial charge in [0.2, 0.25) is 0 Å². The van der Waals surface area contributed by atoms with Gasteiger partial charge in [0.25, 0.3) is 0 Å². The highest BCUT2D eigenvalue weighted by Crippen LogP contribution is 2.17. The second kappa shape index (κ2) is 5.26. The number of carboxylic acid groups (broad SMARTS) is 1. The second-order valence-corrected chi connectivity index (χ2v) is 3.46. The number of hydrogen-bond acceptors (Lipinski definition) is 5. The van der Waals surface area contributed by atoms with Crippen LogP contribution in [0.4, 0.5) is 0 Å². The van der Waals surface area contributed by atoms with E-state index in [4.69, 9.17) is 9.84 Å².